The average Bonchev–Trinajstić information content (AvgIpc) is 3.70. The van der Waals surface area contributed by atoms with E-state index >= 15 is 0 Å². The first kappa shape index (κ1) is 86.1. The van der Waals surface area contributed by atoms with E-state index in [-0.39, 0.29) is 25.7 Å². The lowest BCUT2D eigenvalue weighted by molar-refractivity contribution is -0.161. The number of unbranched alkanes of at least 4 members (excludes halogenated alkanes) is 31. The van der Waals surface area contributed by atoms with Gasteiger partial charge in [0, 0.05) is 25.7 Å². The van der Waals surface area contributed by atoms with E-state index in [2.05, 4.69) is 55.4 Å². The molecule has 4 unspecified atom stereocenters. The fourth-order valence-corrected chi connectivity index (χ4v) is 11.9. The zero-order valence-corrected chi connectivity index (χ0v) is 59.1. The van der Waals surface area contributed by atoms with Crippen LogP contribution in [0.4, 0.5) is 0 Å². The standard InChI is InChI=1S/C69H134O17P2/c1-9-62(8)48-40-32-27-28-36-44-52-69(74)86-65(56-80-67(72)50-42-34-26-20-23-31-39-47-61(6)7)58-84-88(77,78)82-54-63(70)53-81-87(75,76)83-57-64(55-79-66(71)49-41-33-24-19-18-22-30-38-46-60(4)5)85-68(73)51-43-35-25-17-15-13-11-10-12-14-16-21-29-37-45-59(2)3/h59-65,70H,9-58H2,1-8H3,(H,75,76)(H,77,78)/t62?,63?,64-,65-/m1/s1. The van der Waals surface area contributed by atoms with Crippen LogP contribution >= 0.6 is 15.6 Å². The van der Waals surface area contributed by atoms with E-state index < -0.39 is 97.5 Å². The minimum absolute atomic E-state index is 0.102. The van der Waals surface area contributed by atoms with Gasteiger partial charge in [-0.05, 0) is 49.4 Å². The van der Waals surface area contributed by atoms with Crippen LogP contribution in [0.25, 0.3) is 0 Å². The van der Waals surface area contributed by atoms with Crippen LogP contribution in [0.1, 0.15) is 338 Å². The Balaban J connectivity index is 5.23. The molecule has 0 aromatic rings. The van der Waals surface area contributed by atoms with Crippen LogP contribution in [0.5, 0.6) is 0 Å². The molecule has 0 saturated carbocycles. The van der Waals surface area contributed by atoms with Crippen molar-refractivity contribution in [3.8, 4) is 0 Å². The smallest absolute Gasteiger partial charge is 0.462 e. The minimum atomic E-state index is -4.95. The molecule has 0 fully saturated rings. The van der Waals surface area contributed by atoms with Crippen molar-refractivity contribution in [2.24, 2.45) is 23.7 Å². The number of aliphatic hydroxyl groups is 1. The predicted octanol–water partition coefficient (Wildman–Crippen LogP) is 19.3. The summed E-state index contributed by atoms with van der Waals surface area (Å²) >= 11 is 0. The van der Waals surface area contributed by atoms with Crippen molar-refractivity contribution in [3.63, 3.8) is 0 Å². The highest BCUT2D eigenvalue weighted by atomic mass is 31.2. The summed E-state index contributed by atoms with van der Waals surface area (Å²) in [6.07, 6.45) is 40.5. The lowest BCUT2D eigenvalue weighted by atomic mass is 10.00. The largest absolute Gasteiger partial charge is 0.472 e. The normalized spacial score (nSPS) is 14.6. The highest BCUT2D eigenvalue weighted by Gasteiger charge is 2.30. The van der Waals surface area contributed by atoms with Gasteiger partial charge in [-0.1, -0.05) is 287 Å². The van der Waals surface area contributed by atoms with Gasteiger partial charge >= 0.3 is 39.5 Å². The van der Waals surface area contributed by atoms with E-state index in [4.69, 9.17) is 37.0 Å². The van der Waals surface area contributed by atoms with Gasteiger partial charge in [0.05, 0.1) is 26.4 Å². The summed E-state index contributed by atoms with van der Waals surface area (Å²) in [7, 11) is -9.90. The first-order valence-electron chi connectivity index (χ1n) is 35.7. The summed E-state index contributed by atoms with van der Waals surface area (Å²) in [5.41, 5.74) is 0. The Morgan fingerprint density at radius 3 is 0.807 bits per heavy atom. The highest BCUT2D eigenvalue weighted by molar-refractivity contribution is 7.47. The molecule has 0 amide bonds. The van der Waals surface area contributed by atoms with Crippen LogP contribution < -0.4 is 0 Å². The molecular weight excluding hydrogens is 1160 g/mol. The van der Waals surface area contributed by atoms with Gasteiger partial charge in [0.2, 0.25) is 0 Å². The third-order valence-electron chi connectivity index (χ3n) is 16.2. The molecule has 0 aliphatic heterocycles. The van der Waals surface area contributed by atoms with Gasteiger partial charge < -0.3 is 33.8 Å². The number of phosphoric acid groups is 2. The number of hydrogen-bond donors (Lipinski definition) is 3. The van der Waals surface area contributed by atoms with E-state index in [9.17, 15) is 43.2 Å². The summed E-state index contributed by atoms with van der Waals surface area (Å²) < 4.78 is 68.2. The van der Waals surface area contributed by atoms with Gasteiger partial charge in [-0.3, -0.25) is 37.3 Å². The third-order valence-corrected chi connectivity index (χ3v) is 18.1. The van der Waals surface area contributed by atoms with E-state index in [1.54, 1.807) is 0 Å². The van der Waals surface area contributed by atoms with Crippen LogP contribution in [-0.2, 0) is 65.4 Å². The molecule has 3 N–H and O–H groups in total. The molecule has 17 nitrogen and oxygen atoms in total. The number of esters is 4. The monoisotopic (exact) mass is 1300 g/mol. The maximum absolute atomic E-state index is 13.0. The maximum atomic E-state index is 13.0. The molecule has 0 bridgehead atoms. The molecule has 0 aromatic heterocycles. The third kappa shape index (κ3) is 61.6. The molecule has 0 heterocycles. The van der Waals surface area contributed by atoms with E-state index in [1.165, 1.54) is 135 Å². The molecule has 0 aliphatic rings. The van der Waals surface area contributed by atoms with Crippen LogP contribution in [0.3, 0.4) is 0 Å². The molecule has 0 saturated heterocycles. The lowest BCUT2D eigenvalue weighted by Gasteiger charge is -2.21. The second kappa shape index (κ2) is 58.8. The second-order valence-electron chi connectivity index (χ2n) is 26.6. The van der Waals surface area contributed by atoms with E-state index in [1.807, 2.05) is 0 Å². The second-order valence-corrected chi connectivity index (χ2v) is 29.5. The Morgan fingerprint density at radius 1 is 0.318 bits per heavy atom. The number of hydrogen-bond acceptors (Lipinski definition) is 15. The van der Waals surface area contributed by atoms with Crippen molar-refractivity contribution in [3.05, 3.63) is 0 Å². The fraction of sp³-hybridized carbons (Fsp3) is 0.942. The molecule has 88 heavy (non-hydrogen) atoms. The summed E-state index contributed by atoms with van der Waals surface area (Å²) in [5.74, 6) is 0.812. The number of carbonyl (C=O) groups excluding carboxylic acids is 4. The number of rotatable bonds is 66. The number of carbonyl (C=O) groups is 4. The summed E-state index contributed by atoms with van der Waals surface area (Å²) in [6, 6.07) is 0. The molecule has 0 aliphatic carbocycles. The predicted molar refractivity (Wildman–Crippen MR) is 354 cm³/mol. The fourth-order valence-electron chi connectivity index (χ4n) is 10.3. The first-order chi connectivity index (χ1) is 42.1. The molecule has 0 spiro atoms. The highest BCUT2D eigenvalue weighted by Crippen LogP contribution is 2.45. The van der Waals surface area contributed by atoms with Crippen LogP contribution in [0, 0.1) is 23.7 Å². The van der Waals surface area contributed by atoms with Gasteiger partial charge in [0.15, 0.2) is 12.2 Å². The van der Waals surface area contributed by atoms with Crippen molar-refractivity contribution in [2.45, 2.75) is 356 Å². The molecule has 19 heteroatoms. The molecule has 0 radical (unpaired) electrons. The van der Waals surface area contributed by atoms with Crippen molar-refractivity contribution < 1.29 is 80.2 Å². The first-order valence-corrected chi connectivity index (χ1v) is 38.7. The Kier molecular flexibility index (Phi) is 57.6. The topological polar surface area (TPSA) is 237 Å². The number of phosphoric ester groups is 2. The zero-order valence-electron chi connectivity index (χ0n) is 57.3. The van der Waals surface area contributed by atoms with E-state index in [0.29, 0.717) is 31.6 Å². The Labute approximate surface area is 537 Å². The van der Waals surface area contributed by atoms with Crippen molar-refractivity contribution in [1.29, 1.82) is 0 Å². The number of ether oxygens (including phenoxy) is 4. The summed E-state index contributed by atoms with van der Waals surface area (Å²) in [5, 5.41) is 10.6. The van der Waals surface area contributed by atoms with Crippen LogP contribution in [0.2, 0.25) is 0 Å². The molecule has 0 aromatic carbocycles. The van der Waals surface area contributed by atoms with Crippen molar-refractivity contribution >= 4 is 39.5 Å². The van der Waals surface area contributed by atoms with Gasteiger partial charge in [-0.15, -0.1) is 0 Å². The van der Waals surface area contributed by atoms with Gasteiger partial charge in [-0.2, -0.15) is 0 Å². The maximum Gasteiger partial charge on any atom is 0.472 e. The minimum Gasteiger partial charge on any atom is -0.462 e. The summed E-state index contributed by atoms with van der Waals surface area (Å²) in [4.78, 5) is 72.4. The Morgan fingerprint density at radius 2 is 0.545 bits per heavy atom. The van der Waals surface area contributed by atoms with E-state index in [0.717, 1.165) is 114 Å². The van der Waals surface area contributed by atoms with Crippen molar-refractivity contribution in [2.75, 3.05) is 39.6 Å². The molecule has 6 atom stereocenters. The zero-order chi connectivity index (χ0) is 65.4. The Bertz CT molecular complexity index is 1750. The van der Waals surface area contributed by atoms with Gasteiger partial charge in [-0.25, -0.2) is 9.13 Å². The SMILES string of the molecule is CCC(C)CCCCCCCCC(=O)O[C@H](COC(=O)CCCCCCCCCC(C)C)COP(=O)(O)OCC(O)COP(=O)(O)OC[C@@H](COC(=O)CCCCCCCCCCC(C)C)OC(=O)CCCCCCCCCCCCCCCCC(C)C. The summed E-state index contributed by atoms with van der Waals surface area (Å²) in [6.45, 7) is 14.0. The van der Waals surface area contributed by atoms with Gasteiger partial charge in [0.1, 0.15) is 19.3 Å². The lowest BCUT2D eigenvalue weighted by Crippen LogP contribution is -2.30. The molecule has 0 rings (SSSR count). The molecular formula is C69H134O17P2. The van der Waals surface area contributed by atoms with Gasteiger partial charge in [0.25, 0.3) is 0 Å². The quantitative estimate of drug-likeness (QED) is 0.0222. The average molecular weight is 1300 g/mol. The Hall–Kier alpha value is -1.94. The molecule has 522 valence electrons. The van der Waals surface area contributed by atoms with Crippen molar-refractivity contribution in [1.82, 2.24) is 0 Å². The number of aliphatic hydroxyl groups excluding tert-OH is 1. The van der Waals surface area contributed by atoms with Crippen LogP contribution in [0.15, 0.2) is 0 Å². The van der Waals surface area contributed by atoms with Crippen LogP contribution in [-0.4, -0.2) is 96.7 Å².